The van der Waals surface area contributed by atoms with Gasteiger partial charge in [0.15, 0.2) is 0 Å². The average Bonchev–Trinajstić information content (AvgIpc) is 2.34. The van der Waals surface area contributed by atoms with Gasteiger partial charge in [0, 0.05) is 29.3 Å². The zero-order valence-electron chi connectivity index (χ0n) is 11.1. The summed E-state index contributed by atoms with van der Waals surface area (Å²) in [5.41, 5.74) is 0.732. The predicted molar refractivity (Wildman–Crippen MR) is 79.6 cm³/mol. The maximum absolute atomic E-state index is 12.0. The molecule has 3 rings (SSSR count). The number of rotatable bonds is 3. The maximum Gasteiger partial charge on any atom is 0.258 e. The summed E-state index contributed by atoms with van der Waals surface area (Å²) in [5, 5.41) is 13.0. The van der Waals surface area contributed by atoms with Crippen molar-refractivity contribution in [2.24, 2.45) is 0 Å². The number of aromatic nitrogens is 2. The van der Waals surface area contributed by atoms with Crippen LogP contribution in [0.5, 0.6) is 0 Å². The molecule has 1 aliphatic rings. The molecule has 2 aromatic heterocycles. The zero-order valence-corrected chi connectivity index (χ0v) is 12.7. The van der Waals surface area contributed by atoms with Gasteiger partial charge in [0.25, 0.3) is 5.56 Å². The summed E-state index contributed by atoms with van der Waals surface area (Å²) < 4.78 is 2.36. The number of pyridine rings is 1. The van der Waals surface area contributed by atoms with Gasteiger partial charge in [-0.25, -0.2) is 4.98 Å². The third kappa shape index (κ3) is 2.77. The maximum atomic E-state index is 12.0. The fraction of sp³-hybridized carbons (Fsp3) is 0.429. The van der Waals surface area contributed by atoms with Crippen LogP contribution in [-0.4, -0.2) is 26.1 Å². The van der Waals surface area contributed by atoms with Crippen molar-refractivity contribution in [2.45, 2.75) is 38.0 Å². The first-order valence-electron chi connectivity index (χ1n) is 6.57. The Kier molecular flexibility index (Phi) is 3.40. The number of aliphatic hydroxyl groups is 1. The Morgan fingerprint density at radius 3 is 3.00 bits per heavy atom. The Labute approximate surface area is 124 Å². The van der Waals surface area contributed by atoms with Crippen LogP contribution in [0.15, 0.2) is 33.7 Å². The second-order valence-corrected chi connectivity index (χ2v) is 6.56. The molecule has 1 aliphatic carbocycles. The van der Waals surface area contributed by atoms with E-state index >= 15 is 0 Å². The minimum atomic E-state index is -0.541. The number of halogens is 1. The van der Waals surface area contributed by atoms with Crippen molar-refractivity contribution >= 4 is 21.6 Å². The molecular formula is C14H16BrN3O2. The smallest absolute Gasteiger partial charge is 0.258 e. The number of nitrogens with zero attached hydrogens (tertiary/aromatic N) is 2. The number of hydrogen-bond donors (Lipinski definition) is 2. The van der Waals surface area contributed by atoms with E-state index in [9.17, 15) is 9.90 Å². The molecule has 1 fully saturated rings. The summed E-state index contributed by atoms with van der Waals surface area (Å²) in [6.45, 7) is 2.38. The van der Waals surface area contributed by atoms with Crippen LogP contribution in [0.25, 0.3) is 5.65 Å². The van der Waals surface area contributed by atoms with Gasteiger partial charge in [-0.3, -0.25) is 9.20 Å². The molecular weight excluding hydrogens is 322 g/mol. The summed E-state index contributed by atoms with van der Waals surface area (Å²) in [6.07, 6.45) is 3.20. The Bertz CT molecular complexity index is 703. The fourth-order valence-corrected chi connectivity index (χ4v) is 2.95. The van der Waals surface area contributed by atoms with Crippen molar-refractivity contribution in [1.29, 1.82) is 0 Å². The highest BCUT2D eigenvalue weighted by Crippen LogP contribution is 2.31. The average molecular weight is 338 g/mol. The molecule has 0 aromatic carbocycles. The molecule has 0 atom stereocenters. The van der Waals surface area contributed by atoms with Gasteiger partial charge in [0.1, 0.15) is 5.65 Å². The third-order valence-electron chi connectivity index (χ3n) is 3.62. The van der Waals surface area contributed by atoms with Crippen LogP contribution in [0.3, 0.4) is 0 Å². The predicted octanol–water partition coefficient (Wildman–Crippen LogP) is 1.46. The van der Waals surface area contributed by atoms with E-state index in [2.05, 4.69) is 26.2 Å². The normalized spacial score (nSPS) is 25.6. The van der Waals surface area contributed by atoms with Gasteiger partial charge < -0.3 is 10.4 Å². The van der Waals surface area contributed by atoms with E-state index in [1.807, 2.05) is 19.1 Å². The van der Waals surface area contributed by atoms with Crippen molar-refractivity contribution in [3.63, 3.8) is 0 Å². The molecule has 0 amide bonds. The molecule has 0 unspecified atom stereocenters. The summed E-state index contributed by atoms with van der Waals surface area (Å²) in [7, 11) is 0. The quantitative estimate of drug-likeness (QED) is 0.889. The lowest BCUT2D eigenvalue weighted by molar-refractivity contribution is -0.0394. The van der Waals surface area contributed by atoms with Crippen molar-refractivity contribution in [2.75, 3.05) is 0 Å². The Balaban J connectivity index is 1.76. The van der Waals surface area contributed by atoms with E-state index in [4.69, 9.17) is 0 Å². The standard InChI is InChI=1S/C14H16BrN3O2/c1-14(20)5-11(6-14)16-7-10-4-13(19)18-8-9(15)2-3-12(18)17-10/h2-4,8,11,16,20H,5-7H2,1H3. The molecule has 106 valence electrons. The third-order valence-corrected chi connectivity index (χ3v) is 4.09. The topological polar surface area (TPSA) is 66.6 Å². The first-order chi connectivity index (χ1) is 9.43. The van der Waals surface area contributed by atoms with Gasteiger partial charge in [0.2, 0.25) is 0 Å². The zero-order chi connectivity index (χ0) is 14.3. The molecule has 2 heterocycles. The highest BCUT2D eigenvalue weighted by molar-refractivity contribution is 9.10. The molecule has 6 heteroatoms. The molecule has 1 saturated carbocycles. The van der Waals surface area contributed by atoms with E-state index in [1.54, 1.807) is 12.3 Å². The first-order valence-corrected chi connectivity index (χ1v) is 7.36. The van der Waals surface area contributed by atoms with E-state index in [-0.39, 0.29) is 5.56 Å². The second kappa shape index (κ2) is 4.95. The minimum Gasteiger partial charge on any atom is -0.390 e. The number of fused-ring (bicyclic) bond motifs is 1. The summed E-state index contributed by atoms with van der Waals surface area (Å²) in [4.78, 5) is 16.5. The van der Waals surface area contributed by atoms with Crippen LogP contribution in [0, 0.1) is 0 Å². The van der Waals surface area contributed by atoms with Crippen LogP contribution in [0.4, 0.5) is 0 Å². The van der Waals surface area contributed by atoms with Gasteiger partial charge in [-0.2, -0.15) is 0 Å². The number of hydrogen-bond acceptors (Lipinski definition) is 4. The Hall–Kier alpha value is -1.24. The van der Waals surface area contributed by atoms with Gasteiger partial charge in [-0.05, 0) is 47.8 Å². The van der Waals surface area contributed by atoms with Crippen LogP contribution < -0.4 is 10.9 Å². The molecule has 0 bridgehead atoms. The molecule has 2 N–H and O–H groups in total. The molecule has 0 saturated heterocycles. The molecule has 5 nitrogen and oxygen atoms in total. The molecule has 0 aliphatic heterocycles. The van der Waals surface area contributed by atoms with E-state index in [0.29, 0.717) is 18.2 Å². The van der Waals surface area contributed by atoms with Crippen molar-refractivity contribution < 1.29 is 5.11 Å². The second-order valence-electron chi connectivity index (χ2n) is 5.64. The lowest BCUT2D eigenvalue weighted by Gasteiger charge is -2.41. The Morgan fingerprint density at radius 1 is 1.55 bits per heavy atom. The van der Waals surface area contributed by atoms with Crippen LogP contribution >= 0.6 is 15.9 Å². The van der Waals surface area contributed by atoms with Crippen LogP contribution in [0.2, 0.25) is 0 Å². The highest BCUT2D eigenvalue weighted by atomic mass is 79.9. The van der Waals surface area contributed by atoms with Gasteiger partial charge >= 0.3 is 0 Å². The fourth-order valence-electron chi connectivity index (χ4n) is 2.61. The highest BCUT2D eigenvalue weighted by Gasteiger charge is 2.37. The van der Waals surface area contributed by atoms with Crippen molar-refractivity contribution in [3.8, 4) is 0 Å². The molecule has 2 aromatic rings. The van der Waals surface area contributed by atoms with Gasteiger partial charge in [-0.1, -0.05) is 0 Å². The van der Waals surface area contributed by atoms with Crippen LogP contribution in [0.1, 0.15) is 25.5 Å². The summed E-state index contributed by atoms with van der Waals surface area (Å²) in [6, 6.07) is 5.52. The lowest BCUT2D eigenvalue weighted by Crippen LogP contribution is -2.51. The summed E-state index contributed by atoms with van der Waals surface area (Å²) >= 11 is 3.34. The van der Waals surface area contributed by atoms with E-state index in [1.165, 1.54) is 4.40 Å². The molecule has 0 spiro atoms. The van der Waals surface area contributed by atoms with E-state index < -0.39 is 5.60 Å². The number of nitrogens with one attached hydrogen (secondary N) is 1. The molecule has 20 heavy (non-hydrogen) atoms. The SMILES string of the molecule is CC1(O)CC(NCc2cc(=O)n3cc(Br)ccc3n2)C1. The first kappa shape index (κ1) is 13.7. The van der Waals surface area contributed by atoms with E-state index in [0.717, 1.165) is 23.0 Å². The molecule has 0 radical (unpaired) electrons. The monoisotopic (exact) mass is 337 g/mol. The van der Waals surface area contributed by atoms with Crippen molar-refractivity contribution in [3.05, 3.63) is 44.9 Å². The van der Waals surface area contributed by atoms with Gasteiger partial charge in [0.05, 0.1) is 11.3 Å². The van der Waals surface area contributed by atoms with Crippen molar-refractivity contribution in [1.82, 2.24) is 14.7 Å². The van der Waals surface area contributed by atoms with Crippen LogP contribution in [-0.2, 0) is 6.54 Å². The van der Waals surface area contributed by atoms with Gasteiger partial charge in [-0.15, -0.1) is 0 Å². The minimum absolute atomic E-state index is 0.0892. The largest absolute Gasteiger partial charge is 0.390 e. The summed E-state index contributed by atoms with van der Waals surface area (Å²) in [5.74, 6) is 0. The lowest BCUT2D eigenvalue weighted by atomic mass is 9.77. The Morgan fingerprint density at radius 2 is 2.30 bits per heavy atom.